The van der Waals surface area contributed by atoms with Gasteiger partial charge in [0.1, 0.15) is 11.4 Å². The van der Waals surface area contributed by atoms with Gasteiger partial charge in [-0.1, -0.05) is 25.7 Å². The van der Waals surface area contributed by atoms with Gasteiger partial charge in [0.05, 0.1) is 0 Å². The zero-order valence-corrected chi connectivity index (χ0v) is 11.9. The van der Waals surface area contributed by atoms with E-state index in [4.69, 9.17) is 4.74 Å². The fraction of sp³-hybridized carbons (Fsp3) is 0.800. The van der Waals surface area contributed by atoms with Crippen LogP contribution < -0.4 is 5.32 Å². The zero-order valence-electron chi connectivity index (χ0n) is 11.9. The Balaban J connectivity index is 1.70. The summed E-state index contributed by atoms with van der Waals surface area (Å²) in [6.07, 6.45) is 11.9. The molecule has 1 heterocycles. The lowest BCUT2D eigenvalue weighted by molar-refractivity contribution is -0.0345. The van der Waals surface area contributed by atoms with Crippen molar-refractivity contribution in [2.45, 2.75) is 69.6 Å². The van der Waals surface area contributed by atoms with E-state index in [1.165, 1.54) is 44.2 Å². The van der Waals surface area contributed by atoms with Gasteiger partial charge in [-0.15, -0.1) is 0 Å². The maximum atomic E-state index is 5.88. The fourth-order valence-corrected chi connectivity index (χ4v) is 3.06. The fourth-order valence-electron chi connectivity index (χ4n) is 3.06. The third kappa shape index (κ3) is 3.00. The van der Waals surface area contributed by atoms with Crippen LogP contribution in [0.1, 0.15) is 62.9 Å². The lowest BCUT2D eigenvalue weighted by Crippen LogP contribution is -2.29. The number of nitrogens with zero attached hydrogens (tertiary/aromatic N) is 1. The lowest BCUT2D eigenvalue weighted by Gasteiger charge is -2.29. The number of H-pyrrole nitrogens is 1. The molecule has 2 fully saturated rings. The molecule has 0 spiro atoms. The molecule has 0 saturated heterocycles. The van der Waals surface area contributed by atoms with Crippen molar-refractivity contribution in [1.29, 1.82) is 0 Å². The van der Waals surface area contributed by atoms with Crippen LogP contribution in [0.15, 0.2) is 6.20 Å². The van der Waals surface area contributed by atoms with Crippen molar-refractivity contribution in [3.05, 3.63) is 17.7 Å². The minimum Gasteiger partial charge on any atom is -0.370 e. The molecule has 1 aromatic rings. The number of ether oxygens (including phenoxy) is 1. The first-order valence-corrected chi connectivity index (χ1v) is 7.65. The number of aromatic nitrogens is 2. The molecule has 19 heavy (non-hydrogen) atoms. The molecular weight excluding hydrogens is 238 g/mol. The van der Waals surface area contributed by atoms with Gasteiger partial charge in [0.15, 0.2) is 0 Å². The number of aromatic amines is 1. The highest BCUT2D eigenvalue weighted by molar-refractivity contribution is 5.10. The summed E-state index contributed by atoms with van der Waals surface area (Å²) in [5.74, 6) is 1.03. The molecule has 106 valence electrons. The standard InChI is InChI=1S/C15H25N3O/c1-19-15(8-4-2-3-5-9-15)14-17-11-13(18-14)10-16-12-6-7-12/h11-12,16H,2-10H2,1H3,(H,17,18). The Morgan fingerprint density at radius 2 is 2.05 bits per heavy atom. The van der Waals surface area contributed by atoms with Gasteiger partial charge in [0.2, 0.25) is 0 Å². The van der Waals surface area contributed by atoms with E-state index >= 15 is 0 Å². The van der Waals surface area contributed by atoms with E-state index < -0.39 is 0 Å². The summed E-state index contributed by atoms with van der Waals surface area (Å²) < 4.78 is 5.88. The number of hydrogen-bond donors (Lipinski definition) is 2. The Kier molecular flexibility index (Phi) is 3.89. The van der Waals surface area contributed by atoms with Gasteiger partial charge in [-0.3, -0.25) is 0 Å². The van der Waals surface area contributed by atoms with Crippen LogP contribution in [0.2, 0.25) is 0 Å². The maximum Gasteiger partial charge on any atom is 0.138 e. The second-order valence-electron chi connectivity index (χ2n) is 6.02. The summed E-state index contributed by atoms with van der Waals surface area (Å²) in [7, 11) is 1.83. The molecule has 0 radical (unpaired) electrons. The van der Waals surface area contributed by atoms with E-state index in [2.05, 4.69) is 15.3 Å². The second kappa shape index (κ2) is 5.63. The third-order valence-electron chi connectivity index (χ3n) is 4.52. The van der Waals surface area contributed by atoms with Gasteiger partial charge in [-0.25, -0.2) is 4.98 Å². The highest BCUT2D eigenvalue weighted by Crippen LogP contribution is 2.37. The maximum absolute atomic E-state index is 5.88. The van der Waals surface area contributed by atoms with Crippen LogP contribution in [0, 0.1) is 0 Å². The Hall–Kier alpha value is -0.870. The number of hydrogen-bond acceptors (Lipinski definition) is 3. The molecule has 2 N–H and O–H groups in total. The molecule has 3 rings (SSSR count). The quantitative estimate of drug-likeness (QED) is 0.803. The molecule has 1 aromatic heterocycles. The summed E-state index contributed by atoms with van der Waals surface area (Å²) >= 11 is 0. The highest BCUT2D eigenvalue weighted by atomic mass is 16.5. The lowest BCUT2D eigenvalue weighted by atomic mass is 9.93. The van der Waals surface area contributed by atoms with Crippen molar-refractivity contribution in [3.63, 3.8) is 0 Å². The van der Waals surface area contributed by atoms with Gasteiger partial charge in [0, 0.05) is 31.6 Å². The molecule has 0 unspecified atom stereocenters. The topological polar surface area (TPSA) is 49.9 Å². The van der Waals surface area contributed by atoms with Crippen LogP contribution in [-0.2, 0) is 16.9 Å². The predicted octanol–water partition coefficient (Wildman–Crippen LogP) is 2.86. The average molecular weight is 263 g/mol. The van der Waals surface area contributed by atoms with Gasteiger partial charge < -0.3 is 15.0 Å². The summed E-state index contributed by atoms with van der Waals surface area (Å²) in [5, 5.41) is 3.52. The number of rotatable bonds is 5. The van der Waals surface area contributed by atoms with Gasteiger partial charge in [0.25, 0.3) is 0 Å². The van der Waals surface area contributed by atoms with E-state index in [9.17, 15) is 0 Å². The minimum atomic E-state index is -0.172. The molecule has 2 aliphatic carbocycles. The second-order valence-corrected chi connectivity index (χ2v) is 6.02. The molecule has 4 nitrogen and oxygen atoms in total. The monoisotopic (exact) mass is 263 g/mol. The van der Waals surface area contributed by atoms with Crippen molar-refractivity contribution in [2.75, 3.05) is 7.11 Å². The SMILES string of the molecule is COC1(c2ncc(CNC3CC3)[nH]2)CCCCCC1. The van der Waals surface area contributed by atoms with Gasteiger partial charge in [-0.05, 0) is 25.7 Å². The van der Waals surface area contributed by atoms with E-state index in [1.807, 2.05) is 13.3 Å². The van der Waals surface area contributed by atoms with E-state index in [-0.39, 0.29) is 5.60 Å². The minimum absolute atomic E-state index is 0.172. The van der Waals surface area contributed by atoms with Crippen LogP contribution in [0.3, 0.4) is 0 Å². The van der Waals surface area contributed by atoms with Crippen LogP contribution in [0.5, 0.6) is 0 Å². The van der Waals surface area contributed by atoms with Crippen molar-refractivity contribution in [2.24, 2.45) is 0 Å². The highest BCUT2D eigenvalue weighted by Gasteiger charge is 2.35. The third-order valence-corrected chi connectivity index (χ3v) is 4.52. The van der Waals surface area contributed by atoms with E-state index in [1.54, 1.807) is 0 Å². The normalized spacial score (nSPS) is 23.2. The van der Waals surface area contributed by atoms with Crippen LogP contribution in [0.25, 0.3) is 0 Å². The smallest absolute Gasteiger partial charge is 0.138 e. The molecular formula is C15H25N3O. The number of imidazole rings is 1. The molecule has 4 heteroatoms. The first-order valence-electron chi connectivity index (χ1n) is 7.65. The average Bonchev–Trinajstić information content (AvgIpc) is 3.20. The molecule has 2 aliphatic rings. The molecule has 0 amide bonds. The molecule has 0 aromatic carbocycles. The van der Waals surface area contributed by atoms with Crippen molar-refractivity contribution in [3.8, 4) is 0 Å². The first-order chi connectivity index (χ1) is 9.32. The number of nitrogens with one attached hydrogen (secondary N) is 2. The Morgan fingerprint density at radius 3 is 2.68 bits per heavy atom. The van der Waals surface area contributed by atoms with Crippen molar-refractivity contribution < 1.29 is 4.74 Å². The first kappa shape index (κ1) is 13.1. The van der Waals surface area contributed by atoms with E-state index in [0.29, 0.717) is 0 Å². The summed E-state index contributed by atoms with van der Waals surface area (Å²) in [5.41, 5.74) is 1.01. The predicted molar refractivity (Wildman–Crippen MR) is 74.8 cm³/mol. The van der Waals surface area contributed by atoms with Crippen LogP contribution >= 0.6 is 0 Å². The Morgan fingerprint density at radius 1 is 1.32 bits per heavy atom. The summed E-state index contributed by atoms with van der Waals surface area (Å²) in [6, 6.07) is 0.737. The molecule has 0 aliphatic heterocycles. The zero-order chi connectivity index (χ0) is 13.1. The van der Waals surface area contributed by atoms with E-state index in [0.717, 1.165) is 31.3 Å². The van der Waals surface area contributed by atoms with Crippen LogP contribution in [0.4, 0.5) is 0 Å². The molecule has 2 saturated carbocycles. The Bertz CT molecular complexity index is 403. The Labute approximate surface area is 115 Å². The van der Waals surface area contributed by atoms with Crippen molar-refractivity contribution in [1.82, 2.24) is 15.3 Å². The molecule has 0 atom stereocenters. The molecule has 0 bridgehead atoms. The summed E-state index contributed by atoms with van der Waals surface area (Å²) in [6.45, 7) is 0.900. The van der Waals surface area contributed by atoms with Gasteiger partial charge in [-0.2, -0.15) is 0 Å². The van der Waals surface area contributed by atoms with Gasteiger partial charge >= 0.3 is 0 Å². The largest absolute Gasteiger partial charge is 0.370 e. The number of methoxy groups -OCH3 is 1. The summed E-state index contributed by atoms with van der Waals surface area (Å²) in [4.78, 5) is 8.09. The van der Waals surface area contributed by atoms with Crippen LogP contribution in [-0.4, -0.2) is 23.1 Å². The van der Waals surface area contributed by atoms with Crippen molar-refractivity contribution >= 4 is 0 Å².